The van der Waals surface area contributed by atoms with E-state index in [0.717, 1.165) is 24.5 Å². The zero-order valence-corrected chi connectivity index (χ0v) is 11.3. The van der Waals surface area contributed by atoms with Crippen LogP contribution in [-0.4, -0.2) is 39.7 Å². The Labute approximate surface area is 116 Å². The lowest BCUT2D eigenvalue weighted by Gasteiger charge is -2.20. The van der Waals surface area contributed by atoms with Crippen LogP contribution >= 0.6 is 0 Å². The molecule has 118 valence electrons. The highest BCUT2D eigenvalue weighted by Crippen LogP contribution is 2.36. The second-order valence-corrected chi connectivity index (χ2v) is 6.10. The summed E-state index contributed by atoms with van der Waals surface area (Å²) in [6.45, 7) is -2.02. The van der Waals surface area contributed by atoms with E-state index in [1.165, 1.54) is 0 Å². The van der Waals surface area contributed by atoms with Crippen molar-refractivity contribution in [3.63, 3.8) is 0 Å². The van der Waals surface area contributed by atoms with Crippen molar-refractivity contribution in [1.29, 1.82) is 0 Å². The van der Waals surface area contributed by atoms with E-state index in [9.17, 15) is 35.2 Å². The van der Waals surface area contributed by atoms with Gasteiger partial charge in [0, 0.05) is 6.26 Å². The van der Waals surface area contributed by atoms with Gasteiger partial charge in [0.05, 0.1) is 10.5 Å². The summed E-state index contributed by atoms with van der Waals surface area (Å²) in [7, 11) is -3.66. The predicted molar refractivity (Wildman–Crippen MR) is 61.4 cm³/mol. The molecule has 0 atom stereocenters. The highest BCUT2D eigenvalue weighted by atomic mass is 32.2. The third-order valence-electron chi connectivity index (χ3n) is 2.36. The fourth-order valence-electron chi connectivity index (χ4n) is 1.23. The van der Waals surface area contributed by atoms with Crippen LogP contribution in [0.4, 0.5) is 22.0 Å². The summed E-state index contributed by atoms with van der Waals surface area (Å²) in [6.07, 6.45) is -4.86. The molecule has 0 aliphatic carbocycles. The summed E-state index contributed by atoms with van der Waals surface area (Å²) in [5, 5.41) is 0. The number of carbonyl (C=O) groups is 1. The first-order valence-corrected chi connectivity index (χ1v) is 7.14. The minimum absolute atomic E-state index is 0.0930. The second kappa shape index (κ2) is 5.58. The van der Waals surface area contributed by atoms with Gasteiger partial charge in [0.2, 0.25) is 0 Å². The van der Waals surface area contributed by atoms with Gasteiger partial charge in [-0.15, -0.1) is 0 Å². The van der Waals surface area contributed by atoms with E-state index in [2.05, 4.69) is 4.74 Å². The van der Waals surface area contributed by atoms with Gasteiger partial charge in [-0.1, -0.05) is 0 Å². The van der Waals surface area contributed by atoms with Crippen molar-refractivity contribution in [2.75, 3.05) is 12.9 Å². The van der Waals surface area contributed by atoms with Gasteiger partial charge >= 0.3 is 12.1 Å². The molecule has 0 aliphatic heterocycles. The van der Waals surface area contributed by atoms with Crippen LogP contribution in [0.1, 0.15) is 10.4 Å². The molecule has 0 bridgehead atoms. The first kappa shape index (κ1) is 17.3. The van der Waals surface area contributed by atoms with E-state index in [4.69, 9.17) is 0 Å². The molecule has 1 aromatic carbocycles. The maximum Gasteiger partial charge on any atom is 0.456 e. The van der Waals surface area contributed by atoms with E-state index >= 15 is 0 Å². The molecule has 10 heteroatoms. The standard InChI is InChI=1S/C11H9F5O4S/c1-21(18,19)8-2-3-9(7(4-8)5-17)20-6-10(12,13)11(14,15)16/h2-5H,6H2,1H3. The van der Waals surface area contributed by atoms with Gasteiger partial charge in [-0.3, -0.25) is 4.79 Å². The van der Waals surface area contributed by atoms with Crippen LogP contribution in [0.15, 0.2) is 23.1 Å². The summed E-state index contributed by atoms with van der Waals surface area (Å²) in [4.78, 5) is 10.5. The Balaban J connectivity index is 3.03. The van der Waals surface area contributed by atoms with Crippen LogP contribution in [0.3, 0.4) is 0 Å². The molecule has 0 fully saturated rings. The Morgan fingerprint density at radius 2 is 1.76 bits per heavy atom. The first-order valence-electron chi connectivity index (χ1n) is 5.25. The van der Waals surface area contributed by atoms with E-state index in [0.29, 0.717) is 0 Å². The van der Waals surface area contributed by atoms with E-state index in [-0.39, 0.29) is 11.2 Å². The first-order chi connectivity index (χ1) is 9.38. The zero-order chi connectivity index (χ0) is 16.5. The van der Waals surface area contributed by atoms with Crippen molar-refractivity contribution in [2.24, 2.45) is 0 Å². The average Bonchev–Trinajstić information content (AvgIpc) is 2.33. The van der Waals surface area contributed by atoms with Crippen molar-refractivity contribution >= 4 is 16.1 Å². The number of rotatable bonds is 5. The smallest absolute Gasteiger partial charge is 0.456 e. The maximum atomic E-state index is 12.7. The van der Waals surface area contributed by atoms with Crippen LogP contribution in [0.25, 0.3) is 0 Å². The van der Waals surface area contributed by atoms with Gasteiger partial charge in [0.1, 0.15) is 5.75 Å². The maximum absolute atomic E-state index is 12.7. The summed E-state index contributed by atoms with van der Waals surface area (Å²) in [6, 6.07) is 2.60. The summed E-state index contributed by atoms with van der Waals surface area (Å²) >= 11 is 0. The van der Waals surface area contributed by atoms with E-state index in [1.54, 1.807) is 0 Å². The molecule has 0 N–H and O–H groups in total. The SMILES string of the molecule is CS(=O)(=O)c1ccc(OCC(F)(F)C(F)(F)F)c(C=O)c1. The van der Waals surface area contributed by atoms with Gasteiger partial charge in [0.25, 0.3) is 0 Å². The van der Waals surface area contributed by atoms with Crippen LogP contribution in [0.2, 0.25) is 0 Å². The minimum Gasteiger partial charge on any atom is -0.486 e. The molecule has 0 heterocycles. The van der Waals surface area contributed by atoms with Crippen LogP contribution in [-0.2, 0) is 9.84 Å². The molecule has 0 spiro atoms. The molecule has 1 rings (SSSR count). The van der Waals surface area contributed by atoms with Crippen molar-refractivity contribution in [3.8, 4) is 5.75 Å². The summed E-state index contributed by atoms with van der Waals surface area (Å²) in [5.74, 6) is -5.66. The lowest BCUT2D eigenvalue weighted by atomic mass is 10.2. The van der Waals surface area contributed by atoms with Gasteiger partial charge in [-0.2, -0.15) is 22.0 Å². The highest BCUT2D eigenvalue weighted by Gasteiger charge is 2.58. The largest absolute Gasteiger partial charge is 0.486 e. The van der Waals surface area contributed by atoms with Crippen molar-refractivity contribution < 1.29 is 39.9 Å². The Kier molecular flexibility index (Phi) is 4.61. The predicted octanol–water partition coefficient (Wildman–Crippen LogP) is 2.48. The van der Waals surface area contributed by atoms with E-state index < -0.39 is 39.9 Å². The molecular formula is C11H9F5O4S. The lowest BCUT2D eigenvalue weighted by molar-refractivity contribution is -0.290. The Morgan fingerprint density at radius 3 is 2.19 bits per heavy atom. The van der Waals surface area contributed by atoms with Crippen LogP contribution in [0, 0.1) is 0 Å². The fourth-order valence-corrected chi connectivity index (χ4v) is 1.89. The molecule has 0 aliphatic rings. The Morgan fingerprint density at radius 1 is 1.19 bits per heavy atom. The van der Waals surface area contributed by atoms with E-state index in [1.807, 2.05) is 0 Å². The molecule has 0 amide bonds. The number of carbonyl (C=O) groups excluding carboxylic acids is 1. The number of alkyl halides is 5. The summed E-state index contributed by atoms with van der Waals surface area (Å²) in [5.41, 5.74) is -0.448. The van der Waals surface area contributed by atoms with Crippen LogP contribution in [0.5, 0.6) is 5.75 Å². The van der Waals surface area contributed by atoms with Gasteiger partial charge in [-0.25, -0.2) is 8.42 Å². The number of benzene rings is 1. The molecule has 4 nitrogen and oxygen atoms in total. The number of aldehydes is 1. The number of halogens is 5. The molecule has 0 saturated carbocycles. The average molecular weight is 332 g/mol. The topological polar surface area (TPSA) is 60.4 Å². The van der Waals surface area contributed by atoms with Crippen molar-refractivity contribution in [3.05, 3.63) is 23.8 Å². The molecule has 0 saturated heterocycles. The normalized spacial score (nSPS) is 13.0. The number of hydrogen-bond donors (Lipinski definition) is 0. The number of sulfone groups is 1. The Bertz CT molecular complexity index is 637. The minimum atomic E-state index is -5.79. The van der Waals surface area contributed by atoms with Crippen LogP contribution < -0.4 is 4.74 Å². The zero-order valence-electron chi connectivity index (χ0n) is 10.4. The number of hydrogen-bond acceptors (Lipinski definition) is 4. The highest BCUT2D eigenvalue weighted by molar-refractivity contribution is 7.90. The van der Waals surface area contributed by atoms with Gasteiger partial charge in [0.15, 0.2) is 22.7 Å². The monoisotopic (exact) mass is 332 g/mol. The second-order valence-electron chi connectivity index (χ2n) is 4.08. The summed E-state index contributed by atoms with van der Waals surface area (Å²) < 4.78 is 88.0. The fraction of sp³-hybridized carbons (Fsp3) is 0.364. The quantitative estimate of drug-likeness (QED) is 0.614. The molecule has 0 unspecified atom stereocenters. The van der Waals surface area contributed by atoms with Crippen molar-refractivity contribution in [2.45, 2.75) is 17.0 Å². The molecule has 21 heavy (non-hydrogen) atoms. The Hall–Kier alpha value is -1.71. The molecule has 0 aromatic heterocycles. The third-order valence-corrected chi connectivity index (χ3v) is 3.47. The lowest BCUT2D eigenvalue weighted by Crippen LogP contribution is -2.41. The molecule has 0 radical (unpaired) electrons. The van der Waals surface area contributed by atoms with Gasteiger partial charge < -0.3 is 4.74 Å². The molecule has 1 aromatic rings. The van der Waals surface area contributed by atoms with Gasteiger partial charge in [-0.05, 0) is 18.2 Å². The van der Waals surface area contributed by atoms with Crippen molar-refractivity contribution in [1.82, 2.24) is 0 Å². The molecular weight excluding hydrogens is 323 g/mol. The number of ether oxygens (including phenoxy) is 1. The third kappa shape index (κ3) is 4.13.